The molecule has 0 saturated carbocycles. The molecule has 0 aliphatic carbocycles. The van der Waals surface area contributed by atoms with Gasteiger partial charge in [-0.1, -0.05) is 45.0 Å². The number of carbonyl (C=O) groups is 2. The highest BCUT2D eigenvalue weighted by Crippen LogP contribution is 2.41. The van der Waals surface area contributed by atoms with Crippen LogP contribution in [0.4, 0.5) is 9.80 Å². The van der Waals surface area contributed by atoms with E-state index in [-0.39, 0.29) is 23.6 Å². The van der Waals surface area contributed by atoms with Crippen LogP contribution in [0, 0.1) is 0 Å². The predicted octanol–water partition coefficient (Wildman–Crippen LogP) is 4.41. The van der Waals surface area contributed by atoms with Gasteiger partial charge in [0.25, 0.3) is 5.91 Å². The molecule has 154 valence electrons. The monoisotopic (exact) mass is 413 g/mol. The first-order valence-corrected chi connectivity index (χ1v) is 10.8. The molecule has 0 bridgehead atoms. The molecule has 1 unspecified atom stereocenters. The van der Waals surface area contributed by atoms with Gasteiger partial charge in [-0.05, 0) is 35.4 Å². The van der Waals surface area contributed by atoms with Gasteiger partial charge < -0.3 is 20.3 Å². The van der Waals surface area contributed by atoms with E-state index in [4.69, 9.17) is 4.74 Å². The van der Waals surface area contributed by atoms with Crippen molar-refractivity contribution in [1.29, 1.82) is 0 Å². The average Bonchev–Trinajstić information content (AvgIpc) is 3.05. The first-order valence-electron chi connectivity index (χ1n) is 10.0. The van der Waals surface area contributed by atoms with Crippen LogP contribution >= 0.6 is 11.3 Å². The van der Waals surface area contributed by atoms with Crippen LogP contribution in [0.2, 0.25) is 0 Å². The lowest BCUT2D eigenvalue weighted by molar-refractivity contribution is 0.0934. The van der Waals surface area contributed by atoms with Crippen molar-refractivity contribution in [1.82, 2.24) is 10.2 Å². The molecule has 3 heterocycles. The van der Waals surface area contributed by atoms with Crippen molar-refractivity contribution < 1.29 is 14.3 Å². The lowest BCUT2D eigenvalue weighted by Gasteiger charge is -2.28. The van der Waals surface area contributed by atoms with Gasteiger partial charge in [0.2, 0.25) is 0 Å². The van der Waals surface area contributed by atoms with Crippen molar-refractivity contribution in [2.75, 3.05) is 18.5 Å². The summed E-state index contributed by atoms with van der Waals surface area (Å²) < 4.78 is 5.12. The number of anilines is 1. The summed E-state index contributed by atoms with van der Waals surface area (Å²) in [5, 5.41) is 7.45. The molecule has 2 aliphatic rings. The molecule has 6 nitrogen and oxygen atoms in total. The van der Waals surface area contributed by atoms with Crippen LogP contribution < -0.4 is 10.6 Å². The summed E-state index contributed by atoms with van der Waals surface area (Å²) in [7, 11) is 0. The fourth-order valence-electron chi connectivity index (χ4n) is 3.83. The summed E-state index contributed by atoms with van der Waals surface area (Å²) in [6.45, 7) is 9.79. The number of benzene rings is 1. The van der Waals surface area contributed by atoms with Gasteiger partial charge in [-0.3, -0.25) is 4.79 Å². The molecule has 0 saturated heterocycles. The molecule has 0 fully saturated rings. The number of nitrogens with one attached hydrogen (secondary N) is 2. The molecule has 1 aromatic heterocycles. The van der Waals surface area contributed by atoms with Gasteiger partial charge in [0.15, 0.2) is 0 Å². The van der Waals surface area contributed by atoms with E-state index in [9.17, 15) is 9.59 Å². The summed E-state index contributed by atoms with van der Waals surface area (Å²) in [4.78, 5) is 27.7. The predicted molar refractivity (Wildman–Crippen MR) is 114 cm³/mol. The van der Waals surface area contributed by atoms with Gasteiger partial charge in [-0.2, -0.15) is 0 Å². The van der Waals surface area contributed by atoms with Crippen LogP contribution in [-0.4, -0.2) is 30.1 Å². The van der Waals surface area contributed by atoms with Crippen LogP contribution in [-0.2, 0) is 23.1 Å². The van der Waals surface area contributed by atoms with Crippen molar-refractivity contribution in [3.05, 3.63) is 51.4 Å². The molecule has 2 aliphatic heterocycles. The van der Waals surface area contributed by atoms with E-state index in [1.807, 2.05) is 0 Å². The normalized spacial score (nSPS) is 18.4. The van der Waals surface area contributed by atoms with E-state index in [0.717, 1.165) is 26.6 Å². The van der Waals surface area contributed by atoms with E-state index in [2.05, 4.69) is 55.7 Å². The number of rotatable bonds is 2. The number of fused-ring (bicyclic) bond motifs is 3. The van der Waals surface area contributed by atoms with Gasteiger partial charge in [0, 0.05) is 11.4 Å². The van der Waals surface area contributed by atoms with E-state index in [1.165, 1.54) is 5.56 Å². The lowest BCUT2D eigenvalue weighted by atomic mass is 9.86. The molecule has 0 radical (unpaired) electrons. The molecule has 1 atom stereocenters. The van der Waals surface area contributed by atoms with E-state index in [1.54, 1.807) is 23.2 Å². The molecule has 0 spiro atoms. The van der Waals surface area contributed by atoms with Gasteiger partial charge >= 0.3 is 6.09 Å². The SMILES string of the molecule is CCOC(=O)N1CCc2c(sc3c2C(=O)NC(c2ccc(C(C)(C)C)cc2)N3)C1. The van der Waals surface area contributed by atoms with Crippen LogP contribution in [0.3, 0.4) is 0 Å². The second-order valence-corrected chi connectivity index (χ2v) is 9.61. The average molecular weight is 414 g/mol. The molecular weight excluding hydrogens is 386 g/mol. The zero-order valence-corrected chi connectivity index (χ0v) is 18.1. The van der Waals surface area contributed by atoms with Gasteiger partial charge in [-0.15, -0.1) is 11.3 Å². The Hall–Kier alpha value is -2.54. The Kier molecular flexibility index (Phi) is 5.02. The Bertz CT molecular complexity index is 943. The molecular formula is C22H27N3O3S. The van der Waals surface area contributed by atoms with Crippen molar-refractivity contribution in [3.63, 3.8) is 0 Å². The molecule has 1 aromatic carbocycles. The highest BCUT2D eigenvalue weighted by Gasteiger charge is 2.34. The van der Waals surface area contributed by atoms with Gasteiger partial charge in [0.1, 0.15) is 11.2 Å². The number of nitrogens with zero attached hydrogens (tertiary/aromatic N) is 1. The van der Waals surface area contributed by atoms with Crippen molar-refractivity contribution >= 4 is 28.3 Å². The molecule has 2 amide bonds. The first-order chi connectivity index (χ1) is 13.8. The number of amides is 2. The number of carbonyl (C=O) groups excluding carboxylic acids is 2. The third-order valence-electron chi connectivity index (χ3n) is 5.47. The summed E-state index contributed by atoms with van der Waals surface area (Å²) >= 11 is 1.57. The topological polar surface area (TPSA) is 70.7 Å². The van der Waals surface area contributed by atoms with Crippen molar-refractivity contribution in [2.24, 2.45) is 0 Å². The smallest absolute Gasteiger partial charge is 0.410 e. The van der Waals surface area contributed by atoms with Crippen molar-refractivity contribution in [2.45, 2.75) is 52.2 Å². The third-order valence-corrected chi connectivity index (χ3v) is 6.62. The minimum absolute atomic E-state index is 0.0502. The summed E-state index contributed by atoms with van der Waals surface area (Å²) in [6, 6.07) is 8.38. The fraction of sp³-hybridized carbons (Fsp3) is 0.455. The van der Waals surface area contributed by atoms with Crippen molar-refractivity contribution in [3.8, 4) is 0 Å². The van der Waals surface area contributed by atoms with Crippen LogP contribution in [0.1, 0.15) is 65.8 Å². The maximum atomic E-state index is 12.9. The van der Waals surface area contributed by atoms with E-state index < -0.39 is 0 Å². The van der Waals surface area contributed by atoms with Gasteiger partial charge in [0.05, 0.1) is 18.7 Å². The summed E-state index contributed by atoms with van der Waals surface area (Å²) in [5.41, 5.74) is 4.16. The second kappa shape index (κ2) is 7.37. The Labute approximate surface area is 175 Å². The van der Waals surface area contributed by atoms with Crippen LogP contribution in [0.15, 0.2) is 24.3 Å². The maximum Gasteiger partial charge on any atom is 0.410 e. The minimum Gasteiger partial charge on any atom is -0.450 e. The second-order valence-electron chi connectivity index (χ2n) is 8.50. The summed E-state index contributed by atoms with van der Waals surface area (Å²) in [6.07, 6.45) is 0.115. The Morgan fingerprint density at radius 2 is 1.97 bits per heavy atom. The molecule has 2 N–H and O–H groups in total. The van der Waals surface area contributed by atoms with Gasteiger partial charge in [-0.25, -0.2) is 4.79 Å². The maximum absolute atomic E-state index is 12.9. The zero-order chi connectivity index (χ0) is 20.8. The lowest BCUT2D eigenvalue weighted by Crippen LogP contribution is -2.39. The largest absolute Gasteiger partial charge is 0.450 e. The summed E-state index contributed by atoms with van der Waals surface area (Å²) in [5.74, 6) is -0.0502. The number of hydrogen-bond donors (Lipinski definition) is 2. The standard InChI is InChI=1S/C22H27N3O3S/c1-5-28-21(27)25-11-10-15-16(12-25)29-20-17(15)19(26)23-18(24-20)13-6-8-14(9-7-13)22(2,3)4/h6-9,18,24H,5,10-12H2,1-4H3,(H,23,26). The Morgan fingerprint density at radius 3 is 2.62 bits per heavy atom. The first kappa shape index (κ1) is 19.8. The fourth-order valence-corrected chi connectivity index (χ4v) is 5.12. The Balaban J connectivity index is 1.56. The van der Waals surface area contributed by atoms with Crippen LogP contribution in [0.5, 0.6) is 0 Å². The quantitative estimate of drug-likeness (QED) is 0.765. The minimum atomic E-state index is -0.293. The zero-order valence-electron chi connectivity index (χ0n) is 17.3. The van der Waals surface area contributed by atoms with E-state index in [0.29, 0.717) is 26.1 Å². The number of thiophene rings is 1. The third kappa shape index (κ3) is 3.71. The number of ether oxygens (including phenoxy) is 1. The highest BCUT2D eigenvalue weighted by atomic mass is 32.1. The van der Waals surface area contributed by atoms with Crippen LogP contribution in [0.25, 0.3) is 0 Å². The highest BCUT2D eigenvalue weighted by molar-refractivity contribution is 7.16. The van der Waals surface area contributed by atoms with E-state index >= 15 is 0 Å². The molecule has 2 aromatic rings. The molecule has 29 heavy (non-hydrogen) atoms. The molecule has 7 heteroatoms. The Morgan fingerprint density at radius 1 is 1.24 bits per heavy atom. The molecule has 4 rings (SSSR count). The number of hydrogen-bond acceptors (Lipinski definition) is 5.